The summed E-state index contributed by atoms with van der Waals surface area (Å²) >= 11 is 0.772. The molecule has 0 aliphatic rings. The highest BCUT2D eigenvalue weighted by molar-refractivity contribution is 7.91. The summed E-state index contributed by atoms with van der Waals surface area (Å²) in [5.41, 5.74) is 0. The number of sulfonamides is 1. The van der Waals surface area contributed by atoms with Gasteiger partial charge in [-0.3, -0.25) is 4.79 Å². The molecule has 0 saturated heterocycles. The van der Waals surface area contributed by atoms with E-state index in [4.69, 9.17) is 4.42 Å². The van der Waals surface area contributed by atoms with Crippen LogP contribution in [0.15, 0.2) is 27.2 Å². The van der Waals surface area contributed by atoms with Crippen LogP contribution in [0.3, 0.4) is 0 Å². The van der Waals surface area contributed by atoms with E-state index in [1.165, 1.54) is 13.2 Å². The van der Waals surface area contributed by atoms with Gasteiger partial charge >= 0.3 is 0 Å². The number of furan rings is 1. The fraction of sp³-hybridized carbons (Fsp3) is 0.300. The second-order valence-corrected chi connectivity index (χ2v) is 6.78. The van der Waals surface area contributed by atoms with Gasteiger partial charge in [0.15, 0.2) is 0 Å². The topological polar surface area (TPSA) is 114 Å². The van der Waals surface area contributed by atoms with Crippen LogP contribution in [0.2, 0.25) is 0 Å². The van der Waals surface area contributed by atoms with Gasteiger partial charge in [-0.05, 0) is 19.1 Å². The Labute approximate surface area is 119 Å². The highest BCUT2D eigenvalue weighted by atomic mass is 32.2. The van der Waals surface area contributed by atoms with Gasteiger partial charge < -0.3 is 9.73 Å². The molecule has 0 spiro atoms. The summed E-state index contributed by atoms with van der Waals surface area (Å²) in [6.45, 7) is 2.94. The van der Waals surface area contributed by atoms with E-state index >= 15 is 0 Å². The summed E-state index contributed by atoms with van der Waals surface area (Å²) in [6.07, 6.45) is 1.46. The smallest absolute Gasteiger partial charge is 0.270 e. The molecule has 10 heteroatoms. The van der Waals surface area contributed by atoms with Gasteiger partial charge in [0, 0.05) is 6.92 Å². The molecular formula is C10H12N4O4S2. The van der Waals surface area contributed by atoms with E-state index in [0.717, 1.165) is 11.3 Å². The number of nitrogens with zero attached hydrogens (tertiary/aromatic N) is 2. The number of anilines is 1. The lowest BCUT2D eigenvalue weighted by Gasteiger charge is -2.09. The number of carbonyl (C=O) groups excluding carboxylic acids is 1. The normalized spacial score (nSPS) is 13.1. The van der Waals surface area contributed by atoms with E-state index in [1.807, 2.05) is 0 Å². The molecule has 108 valence electrons. The monoisotopic (exact) mass is 316 g/mol. The van der Waals surface area contributed by atoms with Crippen molar-refractivity contribution in [2.45, 2.75) is 24.2 Å². The third-order valence-electron chi connectivity index (χ3n) is 2.22. The third-order valence-corrected chi connectivity index (χ3v) is 4.97. The molecule has 1 amide bonds. The largest absolute Gasteiger partial charge is 0.468 e. The summed E-state index contributed by atoms with van der Waals surface area (Å²) in [5.74, 6) is 0.141. The Morgan fingerprint density at radius 1 is 1.45 bits per heavy atom. The Morgan fingerprint density at radius 3 is 2.80 bits per heavy atom. The number of hydrogen-bond donors (Lipinski definition) is 2. The molecule has 2 aromatic rings. The Balaban J connectivity index is 2.14. The van der Waals surface area contributed by atoms with E-state index in [2.05, 4.69) is 20.2 Å². The molecule has 2 heterocycles. The maximum absolute atomic E-state index is 12.1. The molecule has 0 fully saturated rings. The highest BCUT2D eigenvalue weighted by Crippen LogP contribution is 2.22. The van der Waals surface area contributed by atoms with Crippen LogP contribution in [-0.2, 0) is 14.8 Å². The fourth-order valence-corrected chi connectivity index (χ4v) is 3.57. The molecule has 0 aliphatic carbocycles. The van der Waals surface area contributed by atoms with Crippen LogP contribution in [0, 0.1) is 0 Å². The second kappa shape index (κ2) is 5.69. The van der Waals surface area contributed by atoms with Gasteiger partial charge in [-0.25, -0.2) is 8.42 Å². The molecule has 0 bridgehead atoms. The number of hydrogen-bond acceptors (Lipinski definition) is 7. The number of amides is 1. The van der Waals surface area contributed by atoms with Gasteiger partial charge in [0.05, 0.1) is 12.3 Å². The number of carbonyl (C=O) groups is 1. The van der Waals surface area contributed by atoms with E-state index in [0.29, 0.717) is 5.76 Å². The highest BCUT2D eigenvalue weighted by Gasteiger charge is 2.24. The van der Waals surface area contributed by atoms with Crippen LogP contribution in [0.5, 0.6) is 0 Å². The maximum Gasteiger partial charge on any atom is 0.270 e. The van der Waals surface area contributed by atoms with Crippen molar-refractivity contribution < 1.29 is 17.6 Å². The first-order chi connectivity index (χ1) is 9.38. The zero-order valence-corrected chi connectivity index (χ0v) is 12.3. The van der Waals surface area contributed by atoms with Crippen LogP contribution in [0.1, 0.15) is 25.6 Å². The maximum atomic E-state index is 12.1. The van der Waals surface area contributed by atoms with Crippen molar-refractivity contribution in [1.29, 1.82) is 0 Å². The van der Waals surface area contributed by atoms with Crippen molar-refractivity contribution in [3.8, 4) is 0 Å². The zero-order valence-electron chi connectivity index (χ0n) is 10.7. The Morgan fingerprint density at radius 2 is 2.20 bits per heavy atom. The third kappa shape index (κ3) is 3.40. The Bertz CT molecular complexity index is 693. The van der Waals surface area contributed by atoms with Gasteiger partial charge in [-0.2, -0.15) is 4.72 Å². The summed E-state index contributed by atoms with van der Waals surface area (Å²) in [6, 6.07) is 2.79. The predicted molar refractivity (Wildman–Crippen MR) is 71.7 cm³/mol. The van der Waals surface area contributed by atoms with Crippen LogP contribution in [0.25, 0.3) is 0 Å². The molecule has 8 nitrogen and oxygen atoms in total. The average Bonchev–Trinajstić information content (AvgIpc) is 2.97. The standard InChI is InChI=1S/C10H12N4O4S2/c1-6(8-4-3-5-18-8)14-20(16,17)10-13-12-9(19-10)11-7(2)15/h3-6,14H,1-2H3,(H,11,12,15). The first-order valence-electron chi connectivity index (χ1n) is 5.55. The molecule has 2 N–H and O–H groups in total. The van der Waals surface area contributed by atoms with Crippen molar-refractivity contribution >= 4 is 32.4 Å². The second-order valence-electron chi connectivity index (χ2n) is 3.91. The van der Waals surface area contributed by atoms with Crippen molar-refractivity contribution in [2.24, 2.45) is 0 Å². The summed E-state index contributed by atoms with van der Waals surface area (Å²) in [7, 11) is -3.82. The minimum Gasteiger partial charge on any atom is -0.468 e. The molecule has 0 saturated carbocycles. The van der Waals surface area contributed by atoms with E-state index in [9.17, 15) is 13.2 Å². The van der Waals surface area contributed by atoms with E-state index in [-0.39, 0.29) is 15.4 Å². The molecule has 20 heavy (non-hydrogen) atoms. The van der Waals surface area contributed by atoms with Gasteiger partial charge in [0.25, 0.3) is 10.0 Å². The molecule has 1 atom stereocenters. The SMILES string of the molecule is CC(=O)Nc1nnc(S(=O)(=O)NC(C)c2ccco2)s1. The molecule has 2 aromatic heterocycles. The van der Waals surface area contributed by atoms with Crippen molar-refractivity contribution in [3.63, 3.8) is 0 Å². The van der Waals surface area contributed by atoms with Crippen molar-refractivity contribution in [2.75, 3.05) is 5.32 Å². The summed E-state index contributed by atoms with van der Waals surface area (Å²) < 4.78 is 31.5. The quantitative estimate of drug-likeness (QED) is 0.799. The number of rotatable bonds is 5. The van der Waals surface area contributed by atoms with Crippen LogP contribution in [0.4, 0.5) is 5.13 Å². The molecule has 0 aromatic carbocycles. The van der Waals surface area contributed by atoms with E-state index in [1.54, 1.807) is 19.1 Å². The van der Waals surface area contributed by atoms with Crippen molar-refractivity contribution in [1.82, 2.24) is 14.9 Å². The zero-order chi connectivity index (χ0) is 14.8. The number of nitrogens with one attached hydrogen (secondary N) is 2. The summed E-state index contributed by atoms with van der Waals surface area (Å²) in [5, 5.41) is 9.64. The first kappa shape index (κ1) is 14.6. The van der Waals surface area contributed by atoms with Gasteiger partial charge in [-0.15, -0.1) is 10.2 Å². The lowest BCUT2D eigenvalue weighted by molar-refractivity contribution is -0.114. The predicted octanol–water partition coefficient (Wildman–Crippen LogP) is 1.13. The molecule has 2 rings (SSSR count). The molecule has 0 aliphatic heterocycles. The molecule has 0 radical (unpaired) electrons. The van der Waals surface area contributed by atoms with Gasteiger partial charge in [0.1, 0.15) is 5.76 Å². The van der Waals surface area contributed by atoms with Gasteiger partial charge in [-0.1, -0.05) is 11.3 Å². The molecular weight excluding hydrogens is 304 g/mol. The van der Waals surface area contributed by atoms with Gasteiger partial charge in [0.2, 0.25) is 15.4 Å². The van der Waals surface area contributed by atoms with E-state index < -0.39 is 16.1 Å². The van der Waals surface area contributed by atoms with Crippen LogP contribution < -0.4 is 10.0 Å². The summed E-state index contributed by atoms with van der Waals surface area (Å²) in [4.78, 5) is 10.9. The van der Waals surface area contributed by atoms with Crippen molar-refractivity contribution in [3.05, 3.63) is 24.2 Å². The first-order valence-corrected chi connectivity index (χ1v) is 7.85. The minimum atomic E-state index is -3.82. The van der Waals surface area contributed by atoms with Crippen LogP contribution in [-0.4, -0.2) is 24.5 Å². The fourth-order valence-electron chi connectivity index (χ4n) is 1.40. The molecule has 1 unspecified atom stereocenters. The lowest BCUT2D eigenvalue weighted by Crippen LogP contribution is -2.26. The lowest BCUT2D eigenvalue weighted by atomic mass is 10.3. The van der Waals surface area contributed by atoms with Crippen LogP contribution >= 0.6 is 11.3 Å². The minimum absolute atomic E-state index is 0.128. The number of aromatic nitrogens is 2. The average molecular weight is 316 g/mol. The Hall–Kier alpha value is -1.78. The Kier molecular flexibility index (Phi) is 4.16.